The number of alkyl halides is 6. The van der Waals surface area contributed by atoms with Gasteiger partial charge in [0.25, 0.3) is 0 Å². The maximum absolute atomic E-state index is 12.7. The third-order valence-corrected chi connectivity index (χ3v) is 2.70. The highest BCUT2D eigenvalue weighted by Gasteiger charge is 2.35. The Hall–Kier alpha value is -2.16. The van der Waals surface area contributed by atoms with Gasteiger partial charge >= 0.3 is 12.4 Å². The van der Waals surface area contributed by atoms with E-state index < -0.39 is 30.3 Å². The van der Waals surface area contributed by atoms with Crippen molar-refractivity contribution < 1.29 is 31.4 Å². The summed E-state index contributed by atoms with van der Waals surface area (Å²) in [5, 5.41) is 8.94. The predicted octanol–water partition coefficient (Wildman–Crippen LogP) is 3.67. The number of hydrogen-bond donors (Lipinski definition) is 1. The Morgan fingerprint density at radius 1 is 0.864 bits per heavy atom. The predicted molar refractivity (Wildman–Crippen MR) is 63.4 cm³/mol. The van der Waals surface area contributed by atoms with Gasteiger partial charge in [0, 0.05) is 5.56 Å². The molecule has 118 valence electrons. The number of nitrogens with zero attached hydrogens (tertiary/aromatic N) is 2. The van der Waals surface area contributed by atoms with E-state index in [-0.39, 0.29) is 17.0 Å². The van der Waals surface area contributed by atoms with Gasteiger partial charge in [-0.15, -0.1) is 0 Å². The Kier molecular flexibility index (Phi) is 4.10. The van der Waals surface area contributed by atoms with Gasteiger partial charge in [0.05, 0.1) is 23.6 Å². The summed E-state index contributed by atoms with van der Waals surface area (Å²) >= 11 is 0. The Balaban J connectivity index is 2.48. The molecule has 0 spiro atoms. The number of aliphatic hydroxyl groups is 1. The zero-order valence-corrected chi connectivity index (χ0v) is 10.7. The third-order valence-electron chi connectivity index (χ3n) is 2.70. The van der Waals surface area contributed by atoms with Crippen LogP contribution in [-0.2, 0) is 19.0 Å². The van der Waals surface area contributed by atoms with E-state index >= 15 is 0 Å². The molecule has 1 aromatic heterocycles. The second kappa shape index (κ2) is 5.56. The van der Waals surface area contributed by atoms with Gasteiger partial charge in [0.1, 0.15) is 0 Å². The number of aromatic nitrogens is 2. The molecular formula is C13H8F6N2O. The second-order valence-electron chi connectivity index (χ2n) is 4.30. The minimum absolute atomic E-state index is 0.0515. The third kappa shape index (κ3) is 3.53. The molecule has 0 aliphatic carbocycles. The summed E-state index contributed by atoms with van der Waals surface area (Å²) in [6.07, 6.45) is -9.37. The number of halogens is 6. The molecule has 2 rings (SSSR count). The Morgan fingerprint density at radius 3 is 1.91 bits per heavy atom. The lowest BCUT2D eigenvalue weighted by molar-refractivity contribution is -0.145. The van der Waals surface area contributed by atoms with Crippen LogP contribution >= 0.6 is 0 Å². The van der Waals surface area contributed by atoms with Crippen LogP contribution in [0, 0.1) is 0 Å². The molecule has 0 fully saturated rings. The summed E-state index contributed by atoms with van der Waals surface area (Å²) in [7, 11) is 0. The topological polar surface area (TPSA) is 46.0 Å². The van der Waals surface area contributed by atoms with Crippen LogP contribution < -0.4 is 0 Å². The van der Waals surface area contributed by atoms with Crippen LogP contribution in [0.1, 0.15) is 17.1 Å². The summed E-state index contributed by atoms with van der Waals surface area (Å²) in [6, 6.07) is 4.57. The van der Waals surface area contributed by atoms with E-state index in [2.05, 4.69) is 9.97 Å². The van der Waals surface area contributed by atoms with E-state index in [1.807, 2.05) is 0 Å². The number of aliphatic hydroxyl groups excluding tert-OH is 1. The quantitative estimate of drug-likeness (QED) is 0.858. The Morgan fingerprint density at radius 2 is 1.45 bits per heavy atom. The van der Waals surface area contributed by atoms with Crippen LogP contribution in [0.5, 0.6) is 0 Å². The van der Waals surface area contributed by atoms with Gasteiger partial charge < -0.3 is 5.11 Å². The van der Waals surface area contributed by atoms with E-state index in [0.717, 1.165) is 30.3 Å². The number of hydrogen-bond acceptors (Lipinski definition) is 3. The minimum Gasteiger partial charge on any atom is -0.390 e. The average molecular weight is 322 g/mol. The molecule has 0 amide bonds. The molecule has 0 aliphatic heterocycles. The fourth-order valence-corrected chi connectivity index (χ4v) is 1.68. The molecule has 9 heteroatoms. The minimum atomic E-state index is -4.83. The molecular weight excluding hydrogens is 314 g/mol. The standard InChI is InChI=1S/C13H8F6N2O/c14-12(15,16)8-3-1-7(2-4-8)10-5-9(6-22)20-11(21-10)13(17,18)19/h1-5,22H,6H2. The fourth-order valence-electron chi connectivity index (χ4n) is 1.68. The van der Waals surface area contributed by atoms with E-state index in [4.69, 9.17) is 5.11 Å². The van der Waals surface area contributed by atoms with E-state index in [0.29, 0.717) is 0 Å². The van der Waals surface area contributed by atoms with E-state index in [1.54, 1.807) is 0 Å². The summed E-state index contributed by atoms with van der Waals surface area (Å²) in [6.45, 7) is -0.751. The first-order valence-corrected chi connectivity index (χ1v) is 5.85. The van der Waals surface area contributed by atoms with E-state index in [1.165, 1.54) is 0 Å². The van der Waals surface area contributed by atoms with Gasteiger partial charge in [0.2, 0.25) is 5.82 Å². The lowest BCUT2D eigenvalue weighted by atomic mass is 10.1. The zero-order valence-electron chi connectivity index (χ0n) is 10.7. The van der Waals surface area contributed by atoms with Crippen molar-refractivity contribution in [2.24, 2.45) is 0 Å². The van der Waals surface area contributed by atoms with Crippen LogP contribution in [0.25, 0.3) is 11.3 Å². The van der Waals surface area contributed by atoms with Gasteiger partial charge in [-0.2, -0.15) is 26.3 Å². The largest absolute Gasteiger partial charge is 0.451 e. The molecule has 0 radical (unpaired) electrons. The van der Waals surface area contributed by atoms with Crippen molar-refractivity contribution in [1.82, 2.24) is 9.97 Å². The highest BCUT2D eigenvalue weighted by atomic mass is 19.4. The molecule has 0 aliphatic rings. The van der Waals surface area contributed by atoms with Crippen molar-refractivity contribution in [1.29, 1.82) is 0 Å². The second-order valence-corrected chi connectivity index (χ2v) is 4.30. The lowest BCUT2D eigenvalue weighted by Crippen LogP contribution is -2.13. The molecule has 0 bridgehead atoms. The van der Waals surface area contributed by atoms with Gasteiger partial charge in [-0.3, -0.25) is 0 Å². The molecule has 2 aromatic rings. The SMILES string of the molecule is OCc1cc(-c2ccc(C(F)(F)F)cc2)nc(C(F)(F)F)n1. The van der Waals surface area contributed by atoms with Gasteiger partial charge in [-0.25, -0.2) is 9.97 Å². The normalized spacial score (nSPS) is 12.5. The van der Waals surface area contributed by atoms with Crippen molar-refractivity contribution in [2.75, 3.05) is 0 Å². The van der Waals surface area contributed by atoms with Crippen LogP contribution in [0.3, 0.4) is 0 Å². The Bertz CT molecular complexity index is 664. The zero-order chi connectivity index (χ0) is 16.5. The first-order valence-electron chi connectivity index (χ1n) is 5.85. The molecule has 0 atom stereocenters. The Labute approximate surface area is 120 Å². The fraction of sp³-hybridized carbons (Fsp3) is 0.231. The molecule has 22 heavy (non-hydrogen) atoms. The summed E-state index contributed by atoms with van der Waals surface area (Å²) < 4.78 is 75.4. The van der Waals surface area contributed by atoms with Crippen LogP contribution in [-0.4, -0.2) is 15.1 Å². The number of rotatable bonds is 2. The summed E-state index contributed by atoms with van der Waals surface area (Å²) in [4.78, 5) is 6.43. The first kappa shape index (κ1) is 16.2. The highest BCUT2D eigenvalue weighted by Crippen LogP contribution is 2.32. The number of benzene rings is 1. The van der Waals surface area contributed by atoms with Crippen LogP contribution in [0.15, 0.2) is 30.3 Å². The average Bonchev–Trinajstić information content (AvgIpc) is 2.45. The van der Waals surface area contributed by atoms with Gasteiger partial charge in [-0.1, -0.05) is 12.1 Å². The maximum Gasteiger partial charge on any atom is 0.451 e. The van der Waals surface area contributed by atoms with Crippen molar-refractivity contribution in [3.05, 3.63) is 47.4 Å². The molecule has 3 nitrogen and oxygen atoms in total. The first-order chi connectivity index (χ1) is 10.1. The molecule has 0 saturated carbocycles. The molecule has 1 N–H and O–H groups in total. The van der Waals surface area contributed by atoms with Crippen LogP contribution in [0.2, 0.25) is 0 Å². The summed E-state index contributed by atoms with van der Waals surface area (Å²) in [5.41, 5.74) is -1.38. The van der Waals surface area contributed by atoms with E-state index in [9.17, 15) is 26.3 Å². The maximum atomic E-state index is 12.7. The lowest BCUT2D eigenvalue weighted by Gasteiger charge is -2.10. The molecule has 0 unspecified atom stereocenters. The molecule has 1 aromatic carbocycles. The smallest absolute Gasteiger partial charge is 0.390 e. The van der Waals surface area contributed by atoms with Gasteiger partial charge in [-0.05, 0) is 18.2 Å². The van der Waals surface area contributed by atoms with Crippen molar-refractivity contribution in [2.45, 2.75) is 19.0 Å². The van der Waals surface area contributed by atoms with Crippen molar-refractivity contribution in [3.8, 4) is 11.3 Å². The monoisotopic (exact) mass is 322 g/mol. The summed E-state index contributed by atoms with van der Waals surface area (Å²) in [5.74, 6) is -1.46. The molecule has 0 saturated heterocycles. The molecule has 1 heterocycles. The van der Waals surface area contributed by atoms with Crippen molar-refractivity contribution in [3.63, 3.8) is 0 Å². The highest BCUT2D eigenvalue weighted by molar-refractivity contribution is 5.60. The van der Waals surface area contributed by atoms with Crippen molar-refractivity contribution >= 4 is 0 Å². The van der Waals surface area contributed by atoms with Crippen LogP contribution in [0.4, 0.5) is 26.3 Å². The van der Waals surface area contributed by atoms with Gasteiger partial charge in [0.15, 0.2) is 0 Å².